The van der Waals surface area contributed by atoms with Crippen molar-refractivity contribution in [3.63, 3.8) is 0 Å². The van der Waals surface area contributed by atoms with Crippen molar-refractivity contribution in [3.8, 4) is 11.4 Å². The van der Waals surface area contributed by atoms with E-state index in [0.29, 0.717) is 30.0 Å². The van der Waals surface area contributed by atoms with Crippen molar-refractivity contribution < 1.29 is 9.59 Å². The van der Waals surface area contributed by atoms with Gasteiger partial charge >= 0.3 is 0 Å². The smallest absolute Gasteiger partial charge is 0.254 e. The van der Waals surface area contributed by atoms with E-state index in [1.807, 2.05) is 30.3 Å². The van der Waals surface area contributed by atoms with Crippen molar-refractivity contribution in [1.29, 1.82) is 0 Å². The van der Waals surface area contributed by atoms with Gasteiger partial charge < -0.3 is 10.6 Å². The van der Waals surface area contributed by atoms with Crippen LogP contribution >= 0.6 is 0 Å². The maximum atomic E-state index is 12.2. The van der Waals surface area contributed by atoms with E-state index >= 15 is 0 Å². The molecule has 136 valence electrons. The second kappa shape index (κ2) is 8.56. The Labute approximate surface area is 153 Å². The van der Waals surface area contributed by atoms with Crippen LogP contribution in [0.25, 0.3) is 11.4 Å². The van der Waals surface area contributed by atoms with E-state index < -0.39 is 0 Å². The van der Waals surface area contributed by atoms with Crippen LogP contribution in [0.1, 0.15) is 41.7 Å². The van der Waals surface area contributed by atoms with Crippen LogP contribution in [-0.4, -0.2) is 35.4 Å². The number of hydrogen-bond acceptors (Lipinski definition) is 4. The quantitative estimate of drug-likeness (QED) is 0.836. The molecule has 6 heteroatoms. The molecule has 0 atom stereocenters. The molecule has 6 nitrogen and oxygen atoms in total. The molecule has 2 amide bonds. The molecule has 2 aromatic rings. The zero-order valence-electron chi connectivity index (χ0n) is 15.0. The lowest BCUT2D eigenvalue weighted by Gasteiger charge is -2.12. The third-order valence-electron chi connectivity index (χ3n) is 4.76. The molecule has 1 aliphatic rings. The monoisotopic (exact) mass is 352 g/mol. The molecule has 0 unspecified atom stereocenters. The molecule has 2 N–H and O–H groups in total. The Morgan fingerprint density at radius 1 is 1.15 bits per heavy atom. The molecule has 0 aliphatic heterocycles. The number of carbonyl (C=O) groups is 2. The summed E-state index contributed by atoms with van der Waals surface area (Å²) in [6, 6.07) is 9.64. The van der Waals surface area contributed by atoms with Crippen LogP contribution in [0.15, 0.2) is 36.5 Å². The first-order valence-corrected chi connectivity index (χ1v) is 9.10. The summed E-state index contributed by atoms with van der Waals surface area (Å²) in [7, 11) is 1.58. The van der Waals surface area contributed by atoms with Gasteiger partial charge in [-0.2, -0.15) is 0 Å². The van der Waals surface area contributed by atoms with Crippen LogP contribution in [0, 0.1) is 5.92 Å². The molecule has 0 bridgehead atoms. The highest BCUT2D eigenvalue weighted by molar-refractivity contribution is 5.95. The van der Waals surface area contributed by atoms with Crippen molar-refractivity contribution in [2.45, 2.75) is 32.1 Å². The Balaban J connectivity index is 1.74. The van der Waals surface area contributed by atoms with Crippen LogP contribution in [0.3, 0.4) is 0 Å². The Morgan fingerprint density at radius 2 is 1.88 bits per heavy atom. The fraction of sp³-hybridized carbons (Fsp3) is 0.400. The Bertz CT molecular complexity index is 771. The molecule has 3 rings (SSSR count). The summed E-state index contributed by atoms with van der Waals surface area (Å²) in [6.07, 6.45) is 6.25. The minimum absolute atomic E-state index is 0.112. The van der Waals surface area contributed by atoms with Gasteiger partial charge in [0.05, 0.1) is 11.3 Å². The highest BCUT2D eigenvalue weighted by Crippen LogP contribution is 2.24. The summed E-state index contributed by atoms with van der Waals surface area (Å²) < 4.78 is 0. The fourth-order valence-electron chi connectivity index (χ4n) is 3.29. The van der Waals surface area contributed by atoms with E-state index in [1.54, 1.807) is 13.2 Å². The van der Waals surface area contributed by atoms with Crippen LogP contribution < -0.4 is 10.6 Å². The number of amides is 2. The first kappa shape index (κ1) is 18.0. The van der Waals surface area contributed by atoms with Gasteiger partial charge in [-0.05, 0) is 12.8 Å². The molecule has 1 heterocycles. The van der Waals surface area contributed by atoms with Gasteiger partial charge in [-0.3, -0.25) is 9.59 Å². The predicted molar refractivity (Wildman–Crippen MR) is 99.5 cm³/mol. The molecule has 0 radical (unpaired) electrons. The Hall–Kier alpha value is -2.76. The molecule has 26 heavy (non-hydrogen) atoms. The molecular weight excluding hydrogens is 328 g/mol. The lowest BCUT2D eigenvalue weighted by atomic mass is 10.1. The van der Waals surface area contributed by atoms with Gasteiger partial charge in [-0.25, -0.2) is 9.97 Å². The summed E-state index contributed by atoms with van der Waals surface area (Å²) >= 11 is 0. The van der Waals surface area contributed by atoms with Gasteiger partial charge in [-0.15, -0.1) is 0 Å². The van der Waals surface area contributed by atoms with Gasteiger partial charge in [0.25, 0.3) is 5.91 Å². The van der Waals surface area contributed by atoms with Crippen LogP contribution in [-0.2, 0) is 11.2 Å². The highest BCUT2D eigenvalue weighted by Gasteiger charge is 2.22. The van der Waals surface area contributed by atoms with E-state index in [9.17, 15) is 9.59 Å². The number of hydrogen-bond donors (Lipinski definition) is 2. The maximum absolute atomic E-state index is 12.2. The van der Waals surface area contributed by atoms with Crippen LogP contribution in [0.2, 0.25) is 0 Å². The van der Waals surface area contributed by atoms with Crippen molar-refractivity contribution in [2.24, 2.45) is 5.92 Å². The van der Waals surface area contributed by atoms with Gasteiger partial charge in [-0.1, -0.05) is 43.2 Å². The third-order valence-corrected chi connectivity index (χ3v) is 4.76. The SMILES string of the molecule is CNC(=O)c1cnc(-c2ccccc2)nc1CCNC(=O)C1CCCC1. The lowest BCUT2D eigenvalue weighted by Crippen LogP contribution is -2.31. The summed E-state index contributed by atoms with van der Waals surface area (Å²) in [4.78, 5) is 33.2. The van der Waals surface area contributed by atoms with Gasteiger partial charge in [0.15, 0.2) is 5.82 Å². The summed E-state index contributed by atoms with van der Waals surface area (Å²) in [5.74, 6) is 0.608. The zero-order chi connectivity index (χ0) is 18.4. The van der Waals surface area contributed by atoms with Gasteiger partial charge in [0.2, 0.25) is 5.91 Å². The lowest BCUT2D eigenvalue weighted by molar-refractivity contribution is -0.124. The molecule has 1 aromatic carbocycles. The third kappa shape index (κ3) is 4.25. The molecule has 1 aliphatic carbocycles. The zero-order valence-corrected chi connectivity index (χ0v) is 15.0. The number of nitrogens with one attached hydrogen (secondary N) is 2. The summed E-state index contributed by atoms with van der Waals surface area (Å²) in [6.45, 7) is 0.463. The van der Waals surface area contributed by atoms with Crippen molar-refractivity contribution >= 4 is 11.8 Å². The number of carbonyl (C=O) groups excluding carboxylic acids is 2. The molecule has 1 fully saturated rings. The fourth-order valence-corrected chi connectivity index (χ4v) is 3.29. The minimum atomic E-state index is -0.221. The predicted octanol–water partition coefficient (Wildman–Crippen LogP) is 2.35. The first-order chi connectivity index (χ1) is 12.7. The summed E-state index contributed by atoms with van der Waals surface area (Å²) in [5, 5.41) is 5.60. The molecule has 1 saturated carbocycles. The highest BCUT2D eigenvalue weighted by atomic mass is 16.2. The van der Waals surface area contributed by atoms with Crippen molar-refractivity contribution in [3.05, 3.63) is 47.8 Å². The second-order valence-electron chi connectivity index (χ2n) is 6.52. The minimum Gasteiger partial charge on any atom is -0.355 e. The number of benzene rings is 1. The molecule has 0 spiro atoms. The number of nitrogens with zero attached hydrogens (tertiary/aromatic N) is 2. The van der Waals surface area contributed by atoms with Crippen LogP contribution in [0.4, 0.5) is 0 Å². The number of aromatic nitrogens is 2. The standard InChI is InChI=1S/C20H24N4O2/c1-21-20(26)16-13-23-18(14-7-3-2-4-8-14)24-17(16)11-12-22-19(25)15-9-5-6-10-15/h2-4,7-8,13,15H,5-6,9-12H2,1H3,(H,21,26)(H,22,25). The van der Waals surface area contributed by atoms with E-state index in [4.69, 9.17) is 0 Å². The Kier molecular flexibility index (Phi) is 5.94. The summed E-state index contributed by atoms with van der Waals surface area (Å²) in [5.41, 5.74) is 1.99. The van der Waals surface area contributed by atoms with Crippen molar-refractivity contribution in [2.75, 3.05) is 13.6 Å². The van der Waals surface area contributed by atoms with Crippen molar-refractivity contribution in [1.82, 2.24) is 20.6 Å². The van der Waals surface area contributed by atoms with Crippen LogP contribution in [0.5, 0.6) is 0 Å². The van der Waals surface area contributed by atoms with E-state index in [1.165, 1.54) is 0 Å². The molecular formula is C20H24N4O2. The Morgan fingerprint density at radius 3 is 2.58 bits per heavy atom. The topological polar surface area (TPSA) is 84.0 Å². The normalized spacial score (nSPS) is 14.2. The molecule has 0 saturated heterocycles. The van der Waals surface area contributed by atoms with E-state index in [0.717, 1.165) is 31.2 Å². The first-order valence-electron chi connectivity index (χ1n) is 9.10. The average Bonchev–Trinajstić information content (AvgIpc) is 3.23. The van der Waals surface area contributed by atoms with E-state index in [-0.39, 0.29) is 17.7 Å². The number of rotatable bonds is 6. The van der Waals surface area contributed by atoms with Gasteiger partial charge in [0.1, 0.15) is 0 Å². The van der Waals surface area contributed by atoms with E-state index in [2.05, 4.69) is 20.6 Å². The second-order valence-corrected chi connectivity index (χ2v) is 6.52. The molecule has 1 aromatic heterocycles. The maximum Gasteiger partial charge on any atom is 0.254 e. The average molecular weight is 352 g/mol. The largest absolute Gasteiger partial charge is 0.355 e. The van der Waals surface area contributed by atoms with Gasteiger partial charge in [0, 0.05) is 37.7 Å².